The van der Waals surface area contributed by atoms with Crippen LogP contribution >= 0.6 is 0 Å². The molecule has 0 radical (unpaired) electrons. The zero-order valence-electron chi connectivity index (χ0n) is 32.2. The highest BCUT2D eigenvalue weighted by atomic mass is 16.6. The summed E-state index contributed by atoms with van der Waals surface area (Å²) in [4.78, 5) is 29.9. The molecule has 2 N–H and O–H groups in total. The number of nitrogens with zero attached hydrogens (tertiary/aromatic N) is 2. The third kappa shape index (κ3) is 6.23. The molecule has 1 aliphatic heterocycles. The molecule has 290 valence electrons. The zero-order valence-corrected chi connectivity index (χ0v) is 32.2. The molecule has 0 fully saturated rings. The average molecular weight is 772 g/mol. The minimum atomic E-state index is -1.20. The lowest BCUT2D eigenvalue weighted by Gasteiger charge is -2.36. The molecule has 58 heavy (non-hydrogen) atoms. The number of methoxy groups -OCH3 is 2. The van der Waals surface area contributed by atoms with E-state index in [2.05, 4.69) is 59.6 Å². The van der Waals surface area contributed by atoms with E-state index in [1.165, 1.54) is 38.4 Å². The SMILES string of the molecule is COc1ccc(C(OCC2=C(O)C(N(C)Cc3ccc4ccc5cccc6ccc3c4c56)[C@H](n3ccc(=O)[nH]c3=O)O2)(c2ccccc2)c2ccc(OC)cc2)cc1. The van der Waals surface area contributed by atoms with Gasteiger partial charge < -0.3 is 24.1 Å². The fourth-order valence-electron chi connectivity index (χ4n) is 8.49. The Balaban J connectivity index is 1.13. The summed E-state index contributed by atoms with van der Waals surface area (Å²) in [6, 6.07) is 44.8. The third-order valence-corrected chi connectivity index (χ3v) is 11.3. The molecule has 1 aliphatic rings. The monoisotopic (exact) mass is 771 g/mol. The van der Waals surface area contributed by atoms with Crippen molar-refractivity contribution in [3.05, 3.63) is 200 Å². The second kappa shape index (κ2) is 14.9. The molecule has 0 bridgehead atoms. The molecular weight excluding hydrogens is 731 g/mol. The summed E-state index contributed by atoms with van der Waals surface area (Å²) >= 11 is 0. The number of likely N-dealkylation sites (N-methyl/N-ethyl adjacent to an activating group) is 1. The fourth-order valence-corrected chi connectivity index (χ4v) is 8.49. The number of ether oxygens (including phenoxy) is 4. The van der Waals surface area contributed by atoms with E-state index >= 15 is 0 Å². The van der Waals surface area contributed by atoms with E-state index in [1.807, 2.05) is 90.8 Å². The van der Waals surface area contributed by atoms with Crippen LogP contribution in [-0.4, -0.2) is 53.5 Å². The van der Waals surface area contributed by atoms with E-state index in [0.29, 0.717) is 18.0 Å². The average Bonchev–Trinajstić information content (AvgIpc) is 3.59. The van der Waals surface area contributed by atoms with Crippen LogP contribution in [0.3, 0.4) is 0 Å². The number of aromatic amines is 1. The summed E-state index contributed by atoms with van der Waals surface area (Å²) in [5.74, 6) is 1.43. The maximum absolute atomic E-state index is 13.4. The van der Waals surface area contributed by atoms with E-state index in [1.54, 1.807) is 14.2 Å². The number of aliphatic hydroxyl groups excluding tert-OH is 1. The molecule has 10 nitrogen and oxygen atoms in total. The van der Waals surface area contributed by atoms with Gasteiger partial charge in [-0.3, -0.25) is 19.2 Å². The topological polar surface area (TPSA) is 115 Å². The molecule has 2 atom stereocenters. The van der Waals surface area contributed by atoms with Crippen molar-refractivity contribution in [1.29, 1.82) is 0 Å². The second-order valence-corrected chi connectivity index (χ2v) is 14.6. The Morgan fingerprint density at radius 1 is 0.707 bits per heavy atom. The number of nitrogens with one attached hydrogen (secondary N) is 1. The standard InChI is InChI=1S/C48H41N3O7/c1-50(28-33-15-14-32-13-12-30-8-7-9-31-16-25-39(33)43(32)42(30)31)44-45(53)40(58-46(44)51-27-26-41(52)49-47(51)54)29-57-48(34-10-5-4-6-11-34,35-17-21-37(55-2)22-18-35)36-19-23-38(56-3)24-20-36/h4-27,44,46,53H,28-29H2,1-3H3,(H,49,52,54)/t44?,46-/m1/s1. The molecule has 0 saturated carbocycles. The van der Waals surface area contributed by atoms with Crippen LogP contribution in [-0.2, 0) is 21.6 Å². The van der Waals surface area contributed by atoms with Crippen molar-refractivity contribution in [3.8, 4) is 11.5 Å². The molecule has 1 unspecified atom stereocenters. The van der Waals surface area contributed by atoms with E-state index in [0.717, 1.165) is 33.0 Å². The normalized spacial score (nSPS) is 15.8. The molecule has 0 aliphatic carbocycles. The van der Waals surface area contributed by atoms with Gasteiger partial charge in [-0.15, -0.1) is 0 Å². The molecule has 1 aromatic heterocycles. The van der Waals surface area contributed by atoms with E-state index < -0.39 is 29.1 Å². The van der Waals surface area contributed by atoms with E-state index in [-0.39, 0.29) is 18.1 Å². The van der Waals surface area contributed by atoms with Crippen LogP contribution < -0.4 is 20.7 Å². The predicted molar refractivity (Wildman–Crippen MR) is 225 cm³/mol. The van der Waals surface area contributed by atoms with Gasteiger partial charge >= 0.3 is 5.69 Å². The maximum atomic E-state index is 13.4. The Labute approximate surface area is 334 Å². The lowest BCUT2D eigenvalue weighted by molar-refractivity contribution is -0.0267. The van der Waals surface area contributed by atoms with Crippen molar-refractivity contribution >= 4 is 32.3 Å². The minimum Gasteiger partial charge on any atom is -0.507 e. The first-order valence-electron chi connectivity index (χ1n) is 19.0. The van der Waals surface area contributed by atoms with Gasteiger partial charge in [0, 0.05) is 18.8 Å². The van der Waals surface area contributed by atoms with Crippen LogP contribution in [0.25, 0.3) is 32.3 Å². The summed E-state index contributed by atoms with van der Waals surface area (Å²) in [7, 11) is 5.13. The third-order valence-electron chi connectivity index (χ3n) is 11.3. The quantitative estimate of drug-likeness (QED) is 0.0943. The predicted octanol–water partition coefficient (Wildman–Crippen LogP) is 8.26. The number of H-pyrrole nitrogens is 1. The van der Waals surface area contributed by atoms with Gasteiger partial charge in [-0.05, 0) is 85.9 Å². The summed E-state index contributed by atoms with van der Waals surface area (Å²) < 4.78 is 26.0. The molecule has 10 heteroatoms. The molecular formula is C48H41N3O7. The van der Waals surface area contributed by atoms with Crippen molar-refractivity contribution in [2.75, 3.05) is 27.9 Å². The van der Waals surface area contributed by atoms with Crippen LogP contribution in [0.2, 0.25) is 0 Å². The van der Waals surface area contributed by atoms with Crippen LogP contribution in [0.5, 0.6) is 11.5 Å². The van der Waals surface area contributed by atoms with Gasteiger partial charge in [0.25, 0.3) is 5.56 Å². The largest absolute Gasteiger partial charge is 0.507 e. The van der Waals surface area contributed by atoms with Gasteiger partial charge in [0.15, 0.2) is 11.5 Å². The van der Waals surface area contributed by atoms with Crippen molar-refractivity contribution in [2.24, 2.45) is 0 Å². The van der Waals surface area contributed by atoms with Gasteiger partial charge in [-0.2, -0.15) is 0 Å². The number of aliphatic hydroxyl groups is 1. The summed E-state index contributed by atoms with van der Waals surface area (Å²) in [5, 5.41) is 19.2. The molecule has 0 saturated heterocycles. The summed E-state index contributed by atoms with van der Waals surface area (Å²) in [6.07, 6.45) is 0.351. The highest BCUT2D eigenvalue weighted by Crippen LogP contribution is 2.44. The van der Waals surface area contributed by atoms with Gasteiger partial charge in [0.1, 0.15) is 29.7 Å². The Kier molecular flexibility index (Phi) is 9.43. The molecule has 8 aromatic rings. The first kappa shape index (κ1) is 36.7. The number of rotatable bonds is 12. The Morgan fingerprint density at radius 2 is 1.29 bits per heavy atom. The smallest absolute Gasteiger partial charge is 0.331 e. The molecule has 0 spiro atoms. The lowest BCUT2D eigenvalue weighted by atomic mass is 9.80. The van der Waals surface area contributed by atoms with Gasteiger partial charge in [-0.1, -0.05) is 109 Å². The molecule has 0 amide bonds. The van der Waals surface area contributed by atoms with Crippen molar-refractivity contribution < 1.29 is 24.1 Å². The van der Waals surface area contributed by atoms with Crippen molar-refractivity contribution in [1.82, 2.24) is 14.5 Å². The van der Waals surface area contributed by atoms with E-state index in [4.69, 9.17) is 18.9 Å². The fraction of sp³-hybridized carbons (Fsp3) is 0.167. The molecule has 9 rings (SSSR count). The van der Waals surface area contributed by atoms with Crippen LogP contribution in [0, 0.1) is 0 Å². The van der Waals surface area contributed by atoms with Gasteiger partial charge in [0.2, 0.25) is 6.23 Å². The van der Waals surface area contributed by atoms with Crippen molar-refractivity contribution in [3.63, 3.8) is 0 Å². The molecule has 2 heterocycles. The number of hydrogen-bond acceptors (Lipinski definition) is 8. The first-order valence-corrected chi connectivity index (χ1v) is 19.0. The van der Waals surface area contributed by atoms with Crippen LogP contribution in [0.1, 0.15) is 28.5 Å². The number of benzene rings is 7. The Hall–Kier alpha value is -6.88. The lowest BCUT2D eigenvalue weighted by Crippen LogP contribution is -2.42. The first-order chi connectivity index (χ1) is 28.3. The van der Waals surface area contributed by atoms with Gasteiger partial charge in [0.05, 0.1) is 14.2 Å². The Morgan fingerprint density at radius 3 is 1.91 bits per heavy atom. The van der Waals surface area contributed by atoms with Crippen LogP contribution in [0.15, 0.2) is 167 Å². The second-order valence-electron chi connectivity index (χ2n) is 14.6. The Bertz CT molecular complexity index is 2840. The van der Waals surface area contributed by atoms with E-state index in [9.17, 15) is 14.7 Å². The molecule has 7 aromatic carbocycles. The minimum absolute atomic E-state index is 0.0882. The number of aromatic nitrogens is 2. The van der Waals surface area contributed by atoms with Gasteiger partial charge in [-0.25, -0.2) is 4.79 Å². The summed E-state index contributed by atoms with van der Waals surface area (Å²) in [5.41, 5.74) is 1.08. The summed E-state index contributed by atoms with van der Waals surface area (Å²) in [6.45, 7) is 0.219. The highest BCUT2D eigenvalue weighted by molar-refractivity contribution is 6.23. The van der Waals surface area contributed by atoms with Crippen molar-refractivity contribution in [2.45, 2.75) is 24.4 Å². The zero-order chi connectivity index (χ0) is 40.0. The van der Waals surface area contributed by atoms with Crippen LogP contribution in [0.4, 0.5) is 0 Å². The maximum Gasteiger partial charge on any atom is 0.331 e. The highest BCUT2D eigenvalue weighted by Gasteiger charge is 2.44. The number of hydrogen-bond donors (Lipinski definition) is 2.